The highest BCUT2D eigenvalue weighted by atomic mass is 16.5. The van der Waals surface area contributed by atoms with Crippen LogP contribution in [0.2, 0.25) is 0 Å². The average molecular weight is 276 g/mol. The minimum Gasteiger partial charge on any atom is -0.464 e. The fraction of sp³-hybridized carbons (Fsp3) is 0.562. The van der Waals surface area contributed by atoms with Crippen LogP contribution >= 0.6 is 0 Å². The zero-order chi connectivity index (χ0) is 14.8. The average Bonchev–Trinajstić information content (AvgIpc) is 2.35. The van der Waals surface area contributed by atoms with Crippen LogP contribution < -0.4 is 10.2 Å². The Morgan fingerprint density at radius 2 is 2.10 bits per heavy atom. The number of anilines is 2. The topological polar surface area (TPSA) is 41.6 Å². The molecule has 0 atom stereocenters. The van der Waals surface area contributed by atoms with Crippen LogP contribution in [0.4, 0.5) is 11.4 Å². The van der Waals surface area contributed by atoms with E-state index >= 15 is 0 Å². The van der Waals surface area contributed by atoms with Crippen molar-refractivity contribution >= 4 is 17.3 Å². The third kappa shape index (κ3) is 3.65. The van der Waals surface area contributed by atoms with E-state index in [1.807, 2.05) is 38.1 Å². The molecule has 0 aliphatic carbocycles. The third-order valence-electron chi connectivity index (χ3n) is 3.20. The normalized spacial score (nSPS) is 16.6. The number of para-hydroxylation sites is 2. The molecule has 0 radical (unpaired) electrons. The lowest BCUT2D eigenvalue weighted by molar-refractivity contribution is -0.143. The Kier molecular flexibility index (Phi) is 4.21. The van der Waals surface area contributed by atoms with Gasteiger partial charge < -0.3 is 15.0 Å². The standard InChI is InChI=1S/C16H24N2O2/c1-12(2)10-20-15(19)9-18-11-16(3,4)17-13-7-5-6-8-14(13)18/h5-8,12,17H,9-11H2,1-4H3. The summed E-state index contributed by atoms with van der Waals surface area (Å²) in [6.07, 6.45) is 0. The van der Waals surface area contributed by atoms with Crippen LogP contribution in [0.25, 0.3) is 0 Å². The van der Waals surface area contributed by atoms with Crippen molar-refractivity contribution in [2.24, 2.45) is 5.92 Å². The Balaban J connectivity index is 2.09. The second-order valence-electron chi connectivity index (χ2n) is 6.46. The molecule has 110 valence electrons. The zero-order valence-corrected chi connectivity index (χ0v) is 12.8. The molecule has 0 saturated carbocycles. The van der Waals surface area contributed by atoms with Crippen molar-refractivity contribution < 1.29 is 9.53 Å². The van der Waals surface area contributed by atoms with Gasteiger partial charge in [-0.2, -0.15) is 0 Å². The fourth-order valence-electron chi connectivity index (χ4n) is 2.42. The number of nitrogens with one attached hydrogen (secondary N) is 1. The van der Waals surface area contributed by atoms with Gasteiger partial charge in [0.05, 0.1) is 18.0 Å². The summed E-state index contributed by atoms with van der Waals surface area (Å²) in [7, 11) is 0. The Hall–Kier alpha value is -1.71. The molecule has 0 aromatic heterocycles. The number of carbonyl (C=O) groups is 1. The first-order chi connectivity index (χ1) is 9.37. The first kappa shape index (κ1) is 14.7. The molecule has 1 N–H and O–H groups in total. The van der Waals surface area contributed by atoms with Gasteiger partial charge >= 0.3 is 5.97 Å². The summed E-state index contributed by atoms with van der Waals surface area (Å²) < 4.78 is 5.29. The minimum atomic E-state index is -0.161. The molecule has 4 heteroatoms. The molecule has 0 amide bonds. The maximum absolute atomic E-state index is 12.0. The van der Waals surface area contributed by atoms with Gasteiger partial charge in [-0.25, -0.2) is 0 Å². The summed E-state index contributed by atoms with van der Waals surface area (Å²) in [5.41, 5.74) is 2.07. The summed E-state index contributed by atoms with van der Waals surface area (Å²) in [6, 6.07) is 8.07. The predicted molar refractivity (Wildman–Crippen MR) is 82.2 cm³/mol. The molecule has 0 fully saturated rings. The molecular weight excluding hydrogens is 252 g/mol. The largest absolute Gasteiger partial charge is 0.464 e. The van der Waals surface area contributed by atoms with Crippen LogP contribution in [0.3, 0.4) is 0 Å². The van der Waals surface area contributed by atoms with E-state index in [4.69, 9.17) is 4.74 Å². The maximum Gasteiger partial charge on any atom is 0.325 e. The molecule has 0 bridgehead atoms. The molecule has 1 heterocycles. The van der Waals surface area contributed by atoms with Crippen molar-refractivity contribution in [2.75, 3.05) is 29.9 Å². The number of rotatable bonds is 4. The quantitative estimate of drug-likeness (QED) is 0.859. The van der Waals surface area contributed by atoms with E-state index in [1.165, 1.54) is 0 Å². The van der Waals surface area contributed by atoms with Gasteiger partial charge in [-0.1, -0.05) is 26.0 Å². The smallest absolute Gasteiger partial charge is 0.325 e. The lowest BCUT2D eigenvalue weighted by Crippen LogP contribution is -2.50. The van der Waals surface area contributed by atoms with E-state index in [-0.39, 0.29) is 11.5 Å². The van der Waals surface area contributed by atoms with Gasteiger partial charge in [0.15, 0.2) is 0 Å². The number of benzene rings is 1. The SMILES string of the molecule is CC(C)COC(=O)CN1CC(C)(C)Nc2ccccc21. The van der Waals surface area contributed by atoms with Gasteiger partial charge in [0.2, 0.25) is 0 Å². The fourth-order valence-corrected chi connectivity index (χ4v) is 2.42. The number of fused-ring (bicyclic) bond motifs is 1. The Morgan fingerprint density at radius 3 is 2.80 bits per heavy atom. The molecule has 1 aliphatic rings. The molecular formula is C16H24N2O2. The van der Waals surface area contributed by atoms with Crippen molar-refractivity contribution in [3.63, 3.8) is 0 Å². The monoisotopic (exact) mass is 276 g/mol. The molecule has 0 spiro atoms. The number of nitrogens with zero attached hydrogens (tertiary/aromatic N) is 1. The number of esters is 1. The Morgan fingerprint density at radius 1 is 1.40 bits per heavy atom. The second-order valence-corrected chi connectivity index (χ2v) is 6.46. The van der Waals surface area contributed by atoms with Crippen molar-refractivity contribution in [3.05, 3.63) is 24.3 Å². The minimum absolute atomic E-state index is 0.0628. The summed E-state index contributed by atoms with van der Waals surface area (Å²) in [5.74, 6) is 0.205. The molecule has 20 heavy (non-hydrogen) atoms. The molecule has 4 nitrogen and oxygen atoms in total. The van der Waals surface area contributed by atoms with Gasteiger partial charge in [0.25, 0.3) is 0 Å². The summed E-state index contributed by atoms with van der Waals surface area (Å²) in [4.78, 5) is 14.0. The van der Waals surface area contributed by atoms with Gasteiger partial charge in [-0.3, -0.25) is 4.79 Å². The molecule has 0 unspecified atom stereocenters. The van der Waals surface area contributed by atoms with Gasteiger partial charge in [0, 0.05) is 12.1 Å². The van der Waals surface area contributed by atoms with Crippen LogP contribution in [0.15, 0.2) is 24.3 Å². The maximum atomic E-state index is 12.0. The molecule has 1 aliphatic heterocycles. The van der Waals surface area contributed by atoms with Crippen molar-refractivity contribution in [1.29, 1.82) is 0 Å². The van der Waals surface area contributed by atoms with E-state index < -0.39 is 0 Å². The number of carbonyl (C=O) groups excluding carboxylic acids is 1. The summed E-state index contributed by atoms with van der Waals surface area (Å²) in [5, 5.41) is 3.50. The molecule has 1 aromatic rings. The predicted octanol–water partition coefficient (Wildman–Crippen LogP) is 2.90. The Labute approximate surface area is 121 Å². The molecule has 1 aromatic carbocycles. The number of ether oxygens (including phenoxy) is 1. The number of hydrogen-bond acceptors (Lipinski definition) is 4. The summed E-state index contributed by atoms with van der Waals surface area (Å²) >= 11 is 0. The van der Waals surface area contributed by atoms with E-state index in [1.54, 1.807) is 0 Å². The van der Waals surface area contributed by atoms with Gasteiger partial charge in [-0.05, 0) is 31.9 Å². The lowest BCUT2D eigenvalue weighted by Gasteiger charge is -2.41. The number of hydrogen-bond donors (Lipinski definition) is 1. The highest BCUT2D eigenvalue weighted by Crippen LogP contribution is 2.33. The summed E-state index contributed by atoms with van der Waals surface area (Å²) in [6.45, 7) is 9.91. The molecule has 0 saturated heterocycles. The van der Waals surface area contributed by atoms with Crippen molar-refractivity contribution in [3.8, 4) is 0 Å². The van der Waals surface area contributed by atoms with Crippen molar-refractivity contribution in [2.45, 2.75) is 33.2 Å². The van der Waals surface area contributed by atoms with E-state index in [9.17, 15) is 4.79 Å². The van der Waals surface area contributed by atoms with E-state index in [2.05, 4.69) is 24.1 Å². The first-order valence-corrected chi connectivity index (χ1v) is 7.15. The van der Waals surface area contributed by atoms with Crippen LogP contribution in [-0.4, -0.2) is 31.2 Å². The first-order valence-electron chi connectivity index (χ1n) is 7.15. The van der Waals surface area contributed by atoms with Gasteiger partial charge in [0.1, 0.15) is 6.54 Å². The van der Waals surface area contributed by atoms with E-state index in [0.717, 1.165) is 17.9 Å². The van der Waals surface area contributed by atoms with Crippen LogP contribution in [-0.2, 0) is 9.53 Å². The van der Waals surface area contributed by atoms with Gasteiger partial charge in [-0.15, -0.1) is 0 Å². The van der Waals surface area contributed by atoms with Crippen LogP contribution in [0.1, 0.15) is 27.7 Å². The zero-order valence-electron chi connectivity index (χ0n) is 12.8. The second kappa shape index (κ2) is 5.73. The van der Waals surface area contributed by atoms with E-state index in [0.29, 0.717) is 19.1 Å². The van der Waals surface area contributed by atoms with Crippen LogP contribution in [0, 0.1) is 5.92 Å². The van der Waals surface area contributed by atoms with Crippen molar-refractivity contribution in [1.82, 2.24) is 0 Å². The highest BCUT2D eigenvalue weighted by molar-refractivity contribution is 5.81. The highest BCUT2D eigenvalue weighted by Gasteiger charge is 2.30. The third-order valence-corrected chi connectivity index (χ3v) is 3.20. The molecule has 2 rings (SSSR count). The lowest BCUT2D eigenvalue weighted by atomic mass is 9.99. The van der Waals surface area contributed by atoms with Crippen LogP contribution in [0.5, 0.6) is 0 Å². The Bertz CT molecular complexity index is 483.